The molecule has 2 aromatic rings. The summed E-state index contributed by atoms with van der Waals surface area (Å²) >= 11 is 7.49. The molecule has 1 aromatic carbocycles. The van der Waals surface area contributed by atoms with Gasteiger partial charge in [-0.15, -0.1) is 10.2 Å². The second-order valence-electron chi connectivity index (χ2n) is 7.30. The molecular weight excluding hydrogens is 380 g/mol. The van der Waals surface area contributed by atoms with Gasteiger partial charge < -0.3 is 9.88 Å². The number of amides is 1. The lowest BCUT2D eigenvalue weighted by atomic mass is 10.0. The number of thioether (sulfide) groups is 1. The topological polar surface area (TPSA) is 59.8 Å². The molecule has 1 amide bonds. The first-order chi connectivity index (χ1) is 13.1. The number of aromatic nitrogens is 3. The number of rotatable bonds is 10. The molecule has 1 atom stereocenters. The Kier molecular flexibility index (Phi) is 7.19. The molecule has 1 unspecified atom stereocenters. The fourth-order valence-electron chi connectivity index (χ4n) is 2.96. The van der Waals surface area contributed by atoms with Gasteiger partial charge in [-0.3, -0.25) is 4.79 Å². The van der Waals surface area contributed by atoms with Gasteiger partial charge in [0, 0.05) is 23.2 Å². The summed E-state index contributed by atoms with van der Waals surface area (Å²) in [5, 5.41) is 13.3. The zero-order chi connectivity index (χ0) is 19.2. The summed E-state index contributed by atoms with van der Waals surface area (Å²) in [7, 11) is 0. The van der Waals surface area contributed by atoms with Crippen LogP contribution >= 0.6 is 23.4 Å². The Morgan fingerprint density at radius 1 is 1.33 bits per heavy atom. The van der Waals surface area contributed by atoms with Gasteiger partial charge >= 0.3 is 0 Å². The van der Waals surface area contributed by atoms with Gasteiger partial charge in [-0.2, -0.15) is 0 Å². The third kappa shape index (κ3) is 5.98. The fraction of sp³-hybridized carbons (Fsp3) is 0.550. The van der Waals surface area contributed by atoms with Crippen LogP contribution in [0.2, 0.25) is 5.02 Å². The van der Waals surface area contributed by atoms with Crippen LogP contribution < -0.4 is 5.32 Å². The first-order valence-electron chi connectivity index (χ1n) is 9.68. The number of carbonyl (C=O) groups is 1. The van der Waals surface area contributed by atoms with Crippen LogP contribution in [0, 0.1) is 5.92 Å². The summed E-state index contributed by atoms with van der Waals surface area (Å²) < 4.78 is 2.15. The van der Waals surface area contributed by atoms with Crippen LogP contribution in [0.15, 0.2) is 29.4 Å². The number of unbranched alkanes of at least 4 members (excludes halogenated alkanes) is 1. The van der Waals surface area contributed by atoms with Crippen LogP contribution in [-0.4, -0.2) is 32.5 Å². The standard InChI is InChI=1S/C20H27ClN4OS/c1-3-4-5-14(2)12-25-19(15-6-8-16(21)9-7-15)23-24-20(25)27-13-18(26)22-17-10-11-17/h6-9,14,17H,3-5,10-13H2,1-2H3,(H,22,26). The predicted octanol–water partition coefficient (Wildman–Crippen LogP) is 4.80. The molecule has 7 heteroatoms. The van der Waals surface area contributed by atoms with E-state index in [0.717, 1.165) is 35.9 Å². The SMILES string of the molecule is CCCCC(C)Cn1c(SCC(=O)NC2CC2)nnc1-c1ccc(Cl)cc1. The minimum atomic E-state index is 0.0733. The average Bonchev–Trinajstić information content (AvgIpc) is 3.38. The molecule has 1 heterocycles. The Morgan fingerprint density at radius 2 is 2.07 bits per heavy atom. The summed E-state index contributed by atoms with van der Waals surface area (Å²) in [5.74, 6) is 1.80. The lowest BCUT2D eigenvalue weighted by molar-refractivity contribution is -0.118. The molecule has 5 nitrogen and oxygen atoms in total. The fourth-order valence-corrected chi connectivity index (χ4v) is 3.84. The molecule has 1 N–H and O–H groups in total. The normalized spacial score (nSPS) is 14.9. The van der Waals surface area contributed by atoms with Crippen LogP contribution in [0.5, 0.6) is 0 Å². The van der Waals surface area contributed by atoms with Crippen molar-refractivity contribution in [1.82, 2.24) is 20.1 Å². The molecule has 146 valence electrons. The molecule has 0 bridgehead atoms. The summed E-state index contributed by atoms with van der Waals surface area (Å²) in [6.07, 6.45) is 5.77. The first kappa shape index (κ1) is 20.2. The van der Waals surface area contributed by atoms with E-state index in [-0.39, 0.29) is 5.91 Å². The lowest BCUT2D eigenvalue weighted by Gasteiger charge is -2.15. The highest BCUT2D eigenvalue weighted by Crippen LogP contribution is 2.27. The van der Waals surface area contributed by atoms with Gasteiger partial charge in [0.05, 0.1) is 5.75 Å². The molecular formula is C20H27ClN4OS. The zero-order valence-corrected chi connectivity index (χ0v) is 17.5. The number of hydrogen-bond acceptors (Lipinski definition) is 4. The van der Waals surface area contributed by atoms with Crippen molar-refractivity contribution in [3.8, 4) is 11.4 Å². The van der Waals surface area contributed by atoms with Gasteiger partial charge in [0.2, 0.25) is 5.91 Å². The van der Waals surface area contributed by atoms with Crippen molar-refractivity contribution in [2.75, 3.05) is 5.75 Å². The highest BCUT2D eigenvalue weighted by Gasteiger charge is 2.24. The molecule has 0 aliphatic heterocycles. The minimum absolute atomic E-state index is 0.0733. The molecule has 0 spiro atoms. The van der Waals surface area contributed by atoms with E-state index in [4.69, 9.17) is 11.6 Å². The van der Waals surface area contributed by atoms with Crippen molar-refractivity contribution >= 4 is 29.3 Å². The molecule has 3 rings (SSSR count). The number of nitrogens with zero attached hydrogens (tertiary/aromatic N) is 3. The summed E-state index contributed by atoms with van der Waals surface area (Å²) in [5.41, 5.74) is 0.990. The summed E-state index contributed by atoms with van der Waals surface area (Å²) in [6, 6.07) is 8.05. The monoisotopic (exact) mass is 406 g/mol. The van der Waals surface area contributed by atoms with Gasteiger partial charge in [-0.1, -0.05) is 50.1 Å². The maximum absolute atomic E-state index is 12.1. The van der Waals surface area contributed by atoms with Crippen molar-refractivity contribution in [2.45, 2.75) is 63.7 Å². The highest BCUT2D eigenvalue weighted by atomic mass is 35.5. The van der Waals surface area contributed by atoms with Crippen molar-refractivity contribution in [2.24, 2.45) is 5.92 Å². The second kappa shape index (κ2) is 9.60. The van der Waals surface area contributed by atoms with Crippen molar-refractivity contribution in [3.63, 3.8) is 0 Å². The second-order valence-corrected chi connectivity index (χ2v) is 8.68. The van der Waals surface area contributed by atoms with E-state index >= 15 is 0 Å². The maximum atomic E-state index is 12.1. The average molecular weight is 407 g/mol. The number of hydrogen-bond donors (Lipinski definition) is 1. The number of nitrogens with one attached hydrogen (secondary N) is 1. The van der Waals surface area contributed by atoms with E-state index in [9.17, 15) is 4.79 Å². The van der Waals surface area contributed by atoms with Gasteiger partial charge in [0.15, 0.2) is 11.0 Å². The predicted molar refractivity (Wildman–Crippen MR) is 111 cm³/mol. The molecule has 1 aliphatic carbocycles. The first-order valence-corrected chi connectivity index (χ1v) is 11.0. The van der Waals surface area contributed by atoms with E-state index in [1.807, 2.05) is 24.3 Å². The Balaban J connectivity index is 1.76. The largest absolute Gasteiger partial charge is 0.353 e. The summed E-state index contributed by atoms with van der Waals surface area (Å²) in [4.78, 5) is 12.1. The van der Waals surface area contributed by atoms with Crippen LogP contribution in [0.4, 0.5) is 0 Å². The Labute approximate surface area is 170 Å². The molecule has 0 radical (unpaired) electrons. The smallest absolute Gasteiger partial charge is 0.230 e. The number of halogens is 1. The third-order valence-corrected chi connectivity index (χ3v) is 5.86. The highest BCUT2D eigenvalue weighted by molar-refractivity contribution is 7.99. The Bertz CT molecular complexity index is 758. The quantitative estimate of drug-likeness (QED) is 0.576. The van der Waals surface area contributed by atoms with Crippen molar-refractivity contribution in [1.29, 1.82) is 0 Å². The zero-order valence-electron chi connectivity index (χ0n) is 15.9. The van der Waals surface area contributed by atoms with Crippen molar-refractivity contribution < 1.29 is 4.79 Å². The minimum Gasteiger partial charge on any atom is -0.353 e. The molecule has 0 saturated heterocycles. The van der Waals surface area contributed by atoms with E-state index in [2.05, 4.69) is 33.9 Å². The summed E-state index contributed by atoms with van der Waals surface area (Å²) in [6.45, 7) is 5.32. The van der Waals surface area contributed by atoms with Crippen LogP contribution in [0.25, 0.3) is 11.4 Å². The van der Waals surface area contributed by atoms with E-state index in [1.54, 1.807) is 0 Å². The Hall–Kier alpha value is -1.53. The van der Waals surface area contributed by atoms with E-state index < -0.39 is 0 Å². The van der Waals surface area contributed by atoms with Gasteiger partial charge in [-0.05, 0) is 49.4 Å². The van der Waals surface area contributed by atoms with Gasteiger partial charge in [0.25, 0.3) is 0 Å². The van der Waals surface area contributed by atoms with E-state index in [0.29, 0.717) is 22.7 Å². The maximum Gasteiger partial charge on any atom is 0.230 e. The number of benzene rings is 1. The van der Waals surface area contributed by atoms with E-state index in [1.165, 1.54) is 31.0 Å². The van der Waals surface area contributed by atoms with Crippen LogP contribution in [0.3, 0.4) is 0 Å². The molecule has 1 aliphatic rings. The van der Waals surface area contributed by atoms with Crippen molar-refractivity contribution in [3.05, 3.63) is 29.3 Å². The van der Waals surface area contributed by atoms with Crippen LogP contribution in [0.1, 0.15) is 46.0 Å². The molecule has 1 aromatic heterocycles. The van der Waals surface area contributed by atoms with Gasteiger partial charge in [0.1, 0.15) is 0 Å². The van der Waals surface area contributed by atoms with Gasteiger partial charge in [-0.25, -0.2) is 0 Å². The molecule has 1 fully saturated rings. The molecule has 1 saturated carbocycles. The lowest BCUT2D eigenvalue weighted by Crippen LogP contribution is -2.27. The molecule has 27 heavy (non-hydrogen) atoms. The number of carbonyl (C=O) groups excluding carboxylic acids is 1. The third-order valence-electron chi connectivity index (χ3n) is 4.64. The van der Waals surface area contributed by atoms with Crippen LogP contribution in [-0.2, 0) is 11.3 Å². The Morgan fingerprint density at radius 3 is 2.74 bits per heavy atom.